The lowest BCUT2D eigenvalue weighted by Crippen LogP contribution is -2.29. The molecule has 0 bridgehead atoms. The largest absolute Gasteiger partial charge is 0.469 e. The second-order valence-corrected chi connectivity index (χ2v) is 8.76. The zero-order valence-corrected chi connectivity index (χ0v) is 19.6. The maximum Gasteiger partial charge on any atom is 0.268 e. The van der Waals surface area contributed by atoms with Crippen molar-refractivity contribution in [2.24, 2.45) is 0 Å². The minimum absolute atomic E-state index is 0.154. The highest BCUT2D eigenvalue weighted by Gasteiger charge is 2.27. The first-order valence-electron chi connectivity index (χ1n) is 9.89. The van der Waals surface area contributed by atoms with Gasteiger partial charge in [0.15, 0.2) is 5.82 Å². The van der Waals surface area contributed by atoms with Gasteiger partial charge in [0, 0.05) is 24.4 Å². The number of aromatic nitrogens is 2. The van der Waals surface area contributed by atoms with Crippen LogP contribution in [0.1, 0.15) is 27.4 Å². The molecule has 4 aromatic rings. The van der Waals surface area contributed by atoms with Crippen molar-refractivity contribution in [1.29, 1.82) is 0 Å². The van der Waals surface area contributed by atoms with Gasteiger partial charge in [-0.3, -0.25) is 9.35 Å². The predicted molar refractivity (Wildman–Crippen MR) is 128 cm³/mol. The first-order valence-corrected chi connectivity index (χ1v) is 12.1. The molecule has 0 saturated heterocycles. The topological polar surface area (TPSA) is 109 Å². The zero-order valence-electron chi connectivity index (χ0n) is 17.2. The number of carbonyl (C=O) groups excluding carboxylic acids is 1. The molecular weight excluding hydrogens is 484 g/mol. The van der Waals surface area contributed by atoms with Gasteiger partial charge in [0.25, 0.3) is 17.2 Å². The summed E-state index contributed by atoms with van der Waals surface area (Å²) in [7, 11) is 0. The maximum atomic E-state index is 13.0. The Hall–Kier alpha value is -3.05. The molecule has 1 atom stereocenters. The third kappa shape index (κ3) is 5.66. The van der Waals surface area contributed by atoms with Crippen molar-refractivity contribution in [1.82, 2.24) is 14.1 Å². The number of benzene rings is 2. The summed E-state index contributed by atoms with van der Waals surface area (Å²) in [6, 6.07) is 17.7. The molecule has 2 N–H and O–H groups in total. The molecule has 2 aromatic carbocycles. The molecule has 0 fully saturated rings. The molecule has 0 radical (unpaired) electrons. The van der Waals surface area contributed by atoms with Crippen molar-refractivity contribution in [3.8, 4) is 0 Å². The highest BCUT2D eigenvalue weighted by Crippen LogP contribution is 2.34. The van der Waals surface area contributed by atoms with Crippen molar-refractivity contribution < 1.29 is 18.0 Å². The fourth-order valence-corrected chi connectivity index (χ4v) is 4.62. The van der Waals surface area contributed by atoms with Crippen LogP contribution in [-0.4, -0.2) is 30.0 Å². The van der Waals surface area contributed by atoms with Crippen molar-refractivity contribution in [3.63, 3.8) is 0 Å². The normalized spacial score (nSPS) is 11.8. The van der Waals surface area contributed by atoms with E-state index in [0.29, 0.717) is 30.1 Å². The molecule has 0 spiro atoms. The van der Waals surface area contributed by atoms with Gasteiger partial charge in [0.1, 0.15) is 11.5 Å². The van der Waals surface area contributed by atoms with Gasteiger partial charge in [-0.2, -0.15) is 8.75 Å². The van der Waals surface area contributed by atoms with Crippen LogP contribution < -0.4 is 9.62 Å². The number of anilines is 2. The number of carbonyl (C=O) groups is 1. The van der Waals surface area contributed by atoms with Crippen LogP contribution >= 0.6 is 23.3 Å². The minimum atomic E-state index is -2.53. The number of halogens is 1. The lowest BCUT2D eigenvalue weighted by Gasteiger charge is -2.21. The van der Waals surface area contributed by atoms with Gasteiger partial charge < -0.3 is 9.73 Å². The van der Waals surface area contributed by atoms with Crippen molar-refractivity contribution in [2.75, 3.05) is 10.8 Å². The number of amides is 1. The summed E-state index contributed by atoms with van der Waals surface area (Å²) in [4.78, 5) is 13.0. The van der Waals surface area contributed by atoms with E-state index in [1.165, 1.54) is 12.1 Å². The van der Waals surface area contributed by atoms with Gasteiger partial charge >= 0.3 is 0 Å². The maximum absolute atomic E-state index is 13.0. The van der Waals surface area contributed by atoms with Gasteiger partial charge in [0.2, 0.25) is 0 Å². The van der Waals surface area contributed by atoms with Crippen LogP contribution in [0, 0.1) is 0 Å². The molecule has 1 amide bonds. The predicted octanol–water partition coefficient (Wildman–Crippen LogP) is 4.62. The van der Waals surface area contributed by atoms with E-state index in [1.54, 1.807) is 18.4 Å². The smallest absolute Gasteiger partial charge is 0.268 e. The summed E-state index contributed by atoms with van der Waals surface area (Å²) in [5.74, 6) is 0.511. The molecule has 11 heteroatoms. The monoisotopic (exact) mass is 502 g/mol. The Balaban J connectivity index is 1.63. The highest BCUT2D eigenvalue weighted by molar-refractivity contribution is 7.81. The SMILES string of the molecule is O=C(NCCc1ccco1)c1ccc(Cl)cc1N(c1nsnc1Cc1ccccc1)S(=O)O. The molecular formula is C22H19ClN4O4S2. The summed E-state index contributed by atoms with van der Waals surface area (Å²) in [6.07, 6.45) is 2.48. The summed E-state index contributed by atoms with van der Waals surface area (Å²) in [6.45, 7) is 0.328. The lowest BCUT2D eigenvalue weighted by atomic mass is 10.1. The van der Waals surface area contributed by atoms with E-state index in [4.69, 9.17) is 16.0 Å². The van der Waals surface area contributed by atoms with Crippen LogP contribution in [0.25, 0.3) is 0 Å². The first-order chi connectivity index (χ1) is 16.0. The van der Waals surface area contributed by atoms with Gasteiger partial charge in [-0.15, -0.1) is 0 Å². The minimum Gasteiger partial charge on any atom is -0.469 e. The summed E-state index contributed by atoms with van der Waals surface area (Å²) < 4.78 is 37.5. The van der Waals surface area contributed by atoms with E-state index in [2.05, 4.69) is 14.1 Å². The summed E-state index contributed by atoms with van der Waals surface area (Å²) in [5.41, 5.74) is 1.82. The molecule has 0 aliphatic carbocycles. The Kier molecular flexibility index (Phi) is 7.50. The summed E-state index contributed by atoms with van der Waals surface area (Å²) in [5, 5.41) is 3.11. The Labute approximate surface area is 202 Å². The van der Waals surface area contributed by atoms with Crippen LogP contribution in [0.15, 0.2) is 71.3 Å². The average Bonchev–Trinajstić information content (AvgIpc) is 3.47. The number of rotatable bonds is 9. The molecule has 8 nitrogen and oxygen atoms in total. The van der Waals surface area contributed by atoms with E-state index in [0.717, 1.165) is 27.4 Å². The quantitative estimate of drug-likeness (QED) is 0.323. The number of hydrogen-bond acceptors (Lipinski definition) is 6. The van der Waals surface area contributed by atoms with E-state index in [1.807, 2.05) is 36.4 Å². The highest BCUT2D eigenvalue weighted by atomic mass is 35.5. The standard InChI is InChI=1S/C22H19ClN4O4S2/c23-16-8-9-18(22(28)24-11-10-17-7-4-12-31-17)20(14-16)27(33(29)30)21-19(25-32-26-21)13-15-5-2-1-3-6-15/h1-9,12,14H,10-11,13H2,(H,24,28)(H,29,30). The van der Waals surface area contributed by atoms with Gasteiger partial charge in [0.05, 0.1) is 29.2 Å². The van der Waals surface area contributed by atoms with Crippen molar-refractivity contribution in [3.05, 3.63) is 94.5 Å². The average molecular weight is 503 g/mol. The fourth-order valence-electron chi connectivity index (χ4n) is 3.24. The van der Waals surface area contributed by atoms with E-state index in [-0.39, 0.29) is 17.1 Å². The Bertz CT molecular complexity index is 1250. The summed E-state index contributed by atoms with van der Waals surface area (Å²) >= 11 is 4.58. The lowest BCUT2D eigenvalue weighted by molar-refractivity contribution is 0.0954. The van der Waals surface area contributed by atoms with Crippen LogP contribution in [0.5, 0.6) is 0 Å². The number of furan rings is 1. The first kappa shape index (κ1) is 23.1. The molecule has 0 saturated carbocycles. The number of hydrogen-bond donors (Lipinski definition) is 2. The van der Waals surface area contributed by atoms with E-state index >= 15 is 0 Å². The van der Waals surface area contributed by atoms with Crippen molar-refractivity contribution >= 4 is 52.0 Å². The third-order valence-corrected chi connectivity index (χ3v) is 6.23. The van der Waals surface area contributed by atoms with Crippen LogP contribution in [-0.2, 0) is 24.1 Å². The molecule has 4 rings (SSSR count). The molecule has 33 heavy (non-hydrogen) atoms. The molecule has 0 aliphatic heterocycles. The Morgan fingerprint density at radius 1 is 1.15 bits per heavy atom. The second-order valence-electron chi connectivity index (χ2n) is 6.97. The van der Waals surface area contributed by atoms with Crippen LogP contribution in [0.4, 0.5) is 11.5 Å². The Morgan fingerprint density at radius 2 is 1.97 bits per heavy atom. The number of nitrogens with zero attached hydrogens (tertiary/aromatic N) is 3. The van der Waals surface area contributed by atoms with E-state index in [9.17, 15) is 13.6 Å². The molecule has 2 aromatic heterocycles. The van der Waals surface area contributed by atoms with Crippen LogP contribution in [0.2, 0.25) is 5.02 Å². The molecule has 1 unspecified atom stereocenters. The van der Waals surface area contributed by atoms with Gasteiger partial charge in [-0.25, -0.2) is 8.51 Å². The molecule has 170 valence electrons. The fraction of sp³-hybridized carbons (Fsp3) is 0.136. The number of nitrogens with one attached hydrogen (secondary N) is 1. The molecule has 2 heterocycles. The van der Waals surface area contributed by atoms with Gasteiger partial charge in [-0.05, 0) is 35.9 Å². The zero-order chi connectivity index (χ0) is 23.2. The second kappa shape index (κ2) is 10.7. The van der Waals surface area contributed by atoms with Crippen molar-refractivity contribution in [2.45, 2.75) is 12.8 Å². The van der Waals surface area contributed by atoms with Crippen LogP contribution in [0.3, 0.4) is 0 Å². The third-order valence-electron chi connectivity index (χ3n) is 4.76. The molecule has 0 aliphatic rings. The Morgan fingerprint density at radius 3 is 2.70 bits per heavy atom. The van der Waals surface area contributed by atoms with Gasteiger partial charge in [-0.1, -0.05) is 41.9 Å². The van der Waals surface area contributed by atoms with E-state index < -0.39 is 17.2 Å².